The van der Waals surface area contributed by atoms with Gasteiger partial charge in [0.15, 0.2) is 0 Å². The van der Waals surface area contributed by atoms with Crippen molar-refractivity contribution in [2.75, 3.05) is 6.54 Å². The molecule has 2 unspecified atom stereocenters. The summed E-state index contributed by atoms with van der Waals surface area (Å²) in [6, 6.07) is 7.57. The first-order valence-corrected chi connectivity index (χ1v) is 13.2. The summed E-state index contributed by atoms with van der Waals surface area (Å²) in [5, 5.41) is 22.1. The van der Waals surface area contributed by atoms with Crippen LogP contribution in [-0.2, 0) is 36.4 Å². The normalized spacial score (nSPS) is 19.7. The standard InChI is InChI=1S/C20H21ClN2O10S2/c21-13-2-1-3-16(9-13)34(28,29)23-11-14(24)10-18(23)19(25)22-17(20(26)27)8-12-4-6-15(7-5-12)33-35(30,31)32/h1-7,9,14,17-18,24H,8,10-11H2,(H,22,25)(H,26,27)(H,30,31,32)/t14-,17?,18?/m1/s1. The number of nitrogens with one attached hydrogen (secondary N) is 1. The molecule has 1 fully saturated rings. The number of aliphatic hydroxyl groups excluding tert-OH is 1. The van der Waals surface area contributed by atoms with Crippen molar-refractivity contribution in [3.8, 4) is 5.75 Å². The van der Waals surface area contributed by atoms with Crippen LogP contribution in [0.1, 0.15) is 12.0 Å². The molecule has 190 valence electrons. The molecule has 0 radical (unpaired) electrons. The van der Waals surface area contributed by atoms with E-state index in [2.05, 4.69) is 9.50 Å². The van der Waals surface area contributed by atoms with Gasteiger partial charge in [-0.2, -0.15) is 12.7 Å². The van der Waals surface area contributed by atoms with E-state index in [9.17, 15) is 36.6 Å². The van der Waals surface area contributed by atoms with E-state index in [1.54, 1.807) is 0 Å². The molecule has 0 aromatic heterocycles. The maximum Gasteiger partial charge on any atom is 0.446 e. The molecular weight excluding hydrogens is 528 g/mol. The number of benzene rings is 2. The Morgan fingerprint density at radius 1 is 1.14 bits per heavy atom. The first-order chi connectivity index (χ1) is 16.3. The Labute approximate surface area is 206 Å². The van der Waals surface area contributed by atoms with E-state index < -0.39 is 50.5 Å². The Morgan fingerprint density at radius 3 is 2.37 bits per heavy atom. The summed E-state index contributed by atoms with van der Waals surface area (Å²) in [5.41, 5.74) is 0.371. The van der Waals surface area contributed by atoms with Gasteiger partial charge in [0.1, 0.15) is 17.8 Å². The number of amides is 1. The topological polar surface area (TPSA) is 188 Å². The molecule has 1 aliphatic heterocycles. The van der Waals surface area contributed by atoms with Gasteiger partial charge in [0.2, 0.25) is 15.9 Å². The third-order valence-corrected chi connectivity index (χ3v) is 7.63. The lowest BCUT2D eigenvalue weighted by atomic mass is 10.0. The van der Waals surface area contributed by atoms with Crippen LogP contribution in [0.5, 0.6) is 5.75 Å². The Kier molecular flexibility index (Phi) is 8.03. The first kappa shape index (κ1) is 26.8. The van der Waals surface area contributed by atoms with Crippen LogP contribution in [0.2, 0.25) is 5.02 Å². The molecule has 1 aliphatic rings. The van der Waals surface area contributed by atoms with Crippen LogP contribution >= 0.6 is 11.6 Å². The molecule has 0 spiro atoms. The molecule has 1 amide bonds. The smallest absolute Gasteiger partial charge is 0.446 e. The highest BCUT2D eigenvalue weighted by Crippen LogP contribution is 2.28. The van der Waals surface area contributed by atoms with Gasteiger partial charge >= 0.3 is 16.4 Å². The van der Waals surface area contributed by atoms with E-state index in [1.807, 2.05) is 0 Å². The maximum absolute atomic E-state index is 13.1. The van der Waals surface area contributed by atoms with Gasteiger partial charge in [-0.3, -0.25) is 9.35 Å². The Morgan fingerprint density at radius 2 is 1.80 bits per heavy atom. The number of hydrogen-bond donors (Lipinski definition) is 4. The van der Waals surface area contributed by atoms with Crippen molar-refractivity contribution in [1.82, 2.24) is 9.62 Å². The lowest BCUT2D eigenvalue weighted by Gasteiger charge is -2.25. The van der Waals surface area contributed by atoms with E-state index in [4.69, 9.17) is 16.2 Å². The minimum Gasteiger partial charge on any atom is -0.480 e. The molecule has 0 saturated carbocycles. The van der Waals surface area contributed by atoms with Gasteiger partial charge in [0, 0.05) is 24.4 Å². The van der Waals surface area contributed by atoms with Gasteiger partial charge in [-0.15, -0.1) is 0 Å². The van der Waals surface area contributed by atoms with Crippen LogP contribution in [0.3, 0.4) is 0 Å². The zero-order valence-electron chi connectivity index (χ0n) is 17.8. The molecule has 1 saturated heterocycles. The number of carboxylic acid groups (broad SMARTS) is 1. The highest BCUT2D eigenvalue weighted by atomic mass is 35.5. The molecule has 3 atom stereocenters. The van der Waals surface area contributed by atoms with Crippen molar-refractivity contribution < 1.29 is 45.4 Å². The number of aliphatic hydroxyl groups is 1. The SMILES string of the molecule is O=C(O)C(Cc1ccc(OS(=O)(=O)O)cc1)NC(=O)C1C[C@@H](O)CN1S(=O)(=O)c1cccc(Cl)c1. The van der Waals surface area contributed by atoms with Crippen molar-refractivity contribution in [2.45, 2.75) is 35.9 Å². The Bertz CT molecular complexity index is 1320. The quantitative estimate of drug-likeness (QED) is 0.320. The Hall–Kier alpha value is -2.75. The molecule has 15 heteroatoms. The van der Waals surface area contributed by atoms with Crippen molar-refractivity contribution in [1.29, 1.82) is 0 Å². The summed E-state index contributed by atoms with van der Waals surface area (Å²) in [6.45, 7) is -0.361. The minimum absolute atomic E-state index is 0.158. The summed E-state index contributed by atoms with van der Waals surface area (Å²) >= 11 is 5.88. The predicted molar refractivity (Wildman–Crippen MR) is 122 cm³/mol. The zero-order valence-corrected chi connectivity index (χ0v) is 20.2. The molecule has 2 aromatic rings. The predicted octanol–water partition coefficient (Wildman–Crippen LogP) is 0.458. The van der Waals surface area contributed by atoms with Gasteiger partial charge in [-0.25, -0.2) is 13.2 Å². The number of aliphatic carboxylic acids is 1. The second kappa shape index (κ2) is 10.5. The summed E-state index contributed by atoms with van der Waals surface area (Å²) in [7, 11) is -8.95. The zero-order chi connectivity index (χ0) is 26.0. The summed E-state index contributed by atoms with van der Waals surface area (Å²) in [6.07, 6.45) is -1.61. The number of β-amino-alcohol motifs (C(OH)–C–C–N with tert-alkyl or cyclic N) is 1. The van der Waals surface area contributed by atoms with Crippen molar-refractivity contribution in [3.63, 3.8) is 0 Å². The van der Waals surface area contributed by atoms with E-state index >= 15 is 0 Å². The monoisotopic (exact) mass is 548 g/mol. The van der Waals surface area contributed by atoms with Gasteiger partial charge in [-0.1, -0.05) is 29.8 Å². The van der Waals surface area contributed by atoms with Gasteiger partial charge in [0.25, 0.3) is 0 Å². The largest absolute Gasteiger partial charge is 0.480 e. The number of carbonyl (C=O) groups is 2. The van der Waals surface area contributed by atoms with Crippen molar-refractivity contribution in [2.24, 2.45) is 0 Å². The third kappa shape index (κ3) is 6.90. The lowest BCUT2D eigenvalue weighted by Crippen LogP contribution is -2.51. The fourth-order valence-electron chi connectivity index (χ4n) is 3.56. The highest BCUT2D eigenvalue weighted by Gasteiger charge is 2.44. The van der Waals surface area contributed by atoms with Crippen molar-refractivity contribution >= 4 is 43.9 Å². The van der Waals surface area contributed by atoms with E-state index in [0.717, 1.165) is 4.31 Å². The lowest BCUT2D eigenvalue weighted by molar-refractivity contribution is -0.142. The van der Waals surface area contributed by atoms with Crippen LogP contribution in [0.15, 0.2) is 53.4 Å². The molecule has 12 nitrogen and oxygen atoms in total. The third-order valence-electron chi connectivity index (χ3n) is 5.12. The van der Waals surface area contributed by atoms with Gasteiger partial charge < -0.3 is 19.7 Å². The Balaban J connectivity index is 1.76. The second-order valence-electron chi connectivity index (χ2n) is 7.70. The van der Waals surface area contributed by atoms with Crippen LogP contribution in [0, 0.1) is 0 Å². The number of halogens is 1. The maximum atomic E-state index is 13.1. The van der Waals surface area contributed by atoms with E-state index in [1.165, 1.54) is 48.5 Å². The summed E-state index contributed by atoms with van der Waals surface area (Å²) in [5.74, 6) is -2.53. The molecule has 2 aromatic carbocycles. The molecule has 35 heavy (non-hydrogen) atoms. The molecular formula is C20H21ClN2O10S2. The van der Waals surface area contributed by atoms with Gasteiger partial charge in [0.05, 0.1) is 11.0 Å². The summed E-state index contributed by atoms with van der Waals surface area (Å²) < 4.78 is 61.5. The molecule has 0 bridgehead atoms. The number of carbonyl (C=O) groups excluding carboxylic acids is 1. The minimum atomic E-state index is -4.73. The molecule has 0 aliphatic carbocycles. The van der Waals surface area contributed by atoms with E-state index in [-0.39, 0.29) is 35.1 Å². The number of nitrogens with zero attached hydrogens (tertiary/aromatic N) is 1. The van der Waals surface area contributed by atoms with Gasteiger partial charge in [-0.05, 0) is 35.9 Å². The highest BCUT2D eigenvalue weighted by molar-refractivity contribution is 7.89. The average Bonchev–Trinajstić information content (AvgIpc) is 3.16. The second-order valence-corrected chi connectivity index (χ2v) is 11.0. The van der Waals surface area contributed by atoms with Crippen LogP contribution in [0.25, 0.3) is 0 Å². The number of hydrogen-bond acceptors (Lipinski definition) is 8. The number of rotatable bonds is 9. The average molecular weight is 549 g/mol. The molecule has 1 heterocycles. The van der Waals surface area contributed by atoms with Crippen molar-refractivity contribution in [3.05, 3.63) is 59.1 Å². The fraction of sp³-hybridized carbons (Fsp3) is 0.300. The number of sulfonamides is 1. The van der Waals surface area contributed by atoms with Crippen LogP contribution in [-0.4, -0.2) is 72.5 Å². The molecule has 3 rings (SSSR count). The summed E-state index contributed by atoms with van der Waals surface area (Å²) in [4.78, 5) is 24.5. The number of carboxylic acids is 1. The first-order valence-electron chi connectivity index (χ1n) is 10.0. The van der Waals surface area contributed by atoms with Crippen LogP contribution in [0.4, 0.5) is 0 Å². The molecule has 4 N–H and O–H groups in total. The van der Waals surface area contributed by atoms with E-state index in [0.29, 0.717) is 5.56 Å². The van der Waals surface area contributed by atoms with Crippen LogP contribution < -0.4 is 9.50 Å². The fourth-order valence-corrected chi connectivity index (χ4v) is 5.85.